The summed E-state index contributed by atoms with van der Waals surface area (Å²) < 4.78 is 19.0. The first-order chi connectivity index (χ1) is 11.5. The number of carbonyl (C=O) groups excluding carboxylic acids is 1. The van der Waals surface area contributed by atoms with E-state index in [2.05, 4.69) is 11.4 Å². The number of carbonyl (C=O) groups is 1. The average molecular weight is 363 g/mol. The molecule has 1 heterocycles. The van der Waals surface area contributed by atoms with E-state index >= 15 is 0 Å². The van der Waals surface area contributed by atoms with E-state index in [1.54, 1.807) is 34.6 Å². The van der Waals surface area contributed by atoms with Crippen molar-refractivity contribution < 1.29 is 13.9 Å². The molecule has 1 atom stereocenters. The number of rotatable bonds is 2. The highest BCUT2D eigenvalue weighted by molar-refractivity contribution is 6.31. The molecule has 0 spiro atoms. The molecule has 1 aliphatic rings. The van der Waals surface area contributed by atoms with Gasteiger partial charge < -0.3 is 10.1 Å². The number of halogens is 2. The molecule has 4 nitrogen and oxygen atoms in total. The van der Waals surface area contributed by atoms with Crippen LogP contribution in [0.15, 0.2) is 40.7 Å². The molecule has 1 aromatic carbocycles. The zero-order chi connectivity index (χ0) is 18.9. The molecule has 0 fully saturated rings. The Balaban J connectivity index is 2.64. The largest absolute Gasteiger partial charge is 0.457 e. The Labute approximate surface area is 151 Å². The third kappa shape index (κ3) is 4.02. The Morgan fingerprint density at radius 3 is 2.48 bits per heavy atom. The van der Waals surface area contributed by atoms with E-state index in [0.717, 1.165) is 0 Å². The van der Waals surface area contributed by atoms with Crippen molar-refractivity contribution in [3.05, 3.63) is 57.1 Å². The molecule has 0 aliphatic carbocycles. The molecule has 0 aromatic heterocycles. The van der Waals surface area contributed by atoms with Crippen LogP contribution < -0.4 is 5.32 Å². The Hall–Kier alpha value is -2.32. The van der Waals surface area contributed by atoms with Gasteiger partial charge in [0.1, 0.15) is 11.4 Å². The van der Waals surface area contributed by atoms with Gasteiger partial charge in [0.25, 0.3) is 0 Å². The number of allylic oxidation sites excluding steroid dienone is 3. The van der Waals surface area contributed by atoms with E-state index in [1.807, 2.05) is 0 Å². The number of hydrogen-bond acceptors (Lipinski definition) is 4. The summed E-state index contributed by atoms with van der Waals surface area (Å²) in [5.41, 5.74) is 1.64. The van der Waals surface area contributed by atoms with Crippen molar-refractivity contribution in [1.29, 1.82) is 5.26 Å². The van der Waals surface area contributed by atoms with Crippen molar-refractivity contribution in [2.24, 2.45) is 0 Å². The Morgan fingerprint density at radius 1 is 1.32 bits per heavy atom. The fourth-order valence-corrected chi connectivity index (χ4v) is 3.07. The fourth-order valence-electron chi connectivity index (χ4n) is 2.79. The lowest BCUT2D eigenvalue weighted by Crippen LogP contribution is -2.32. The number of hydrogen-bond donors (Lipinski definition) is 1. The SMILES string of the molecule is CC1=C(C#N)[C@@H](c2ccc(F)cc2Cl)C(C(=O)OC(C)(C)C)=C(C)N1. The van der Waals surface area contributed by atoms with Crippen LogP contribution in [0.2, 0.25) is 5.02 Å². The molecule has 6 heteroatoms. The number of nitriles is 1. The third-order valence-corrected chi connectivity index (χ3v) is 4.10. The molecule has 0 radical (unpaired) electrons. The predicted molar refractivity (Wildman–Crippen MR) is 94.1 cm³/mol. The van der Waals surface area contributed by atoms with Gasteiger partial charge in [-0.1, -0.05) is 17.7 Å². The first-order valence-corrected chi connectivity index (χ1v) is 8.20. The third-order valence-electron chi connectivity index (χ3n) is 3.77. The topological polar surface area (TPSA) is 62.1 Å². The summed E-state index contributed by atoms with van der Waals surface area (Å²) in [5.74, 6) is -1.74. The second kappa shape index (κ2) is 6.89. The van der Waals surface area contributed by atoms with E-state index in [4.69, 9.17) is 16.3 Å². The molecular weight excluding hydrogens is 343 g/mol. The number of benzene rings is 1. The van der Waals surface area contributed by atoms with Crippen LogP contribution in [0, 0.1) is 17.1 Å². The summed E-state index contributed by atoms with van der Waals surface area (Å²) in [6.45, 7) is 8.79. The standard InChI is InChI=1S/C19H20ClFN2O2/c1-10-14(9-22)17(13-7-6-12(21)8-15(13)20)16(11(2)23-10)18(24)25-19(3,4)5/h6-8,17,23H,1-5H3/t17-/m1/s1. The number of nitrogens with zero attached hydrogens (tertiary/aromatic N) is 1. The predicted octanol–water partition coefficient (Wildman–Crippen LogP) is 4.58. The smallest absolute Gasteiger partial charge is 0.337 e. The van der Waals surface area contributed by atoms with E-state index in [-0.39, 0.29) is 5.02 Å². The number of esters is 1. The molecule has 1 N–H and O–H groups in total. The van der Waals surface area contributed by atoms with Gasteiger partial charge in [-0.05, 0) is 52.3 Å². The molecule has 0 unspecified atom stereocenters. The van der Waals surface area contributed by atoms with Gasteiger partial charge in [0.2, 0.25) is 0 Å². The number of nitrogens with one attached hydrogen (secondary N) is 1. The quantitative estimate of drug-likeness (QED) is 0.782. The van der Waals surface area contributed by atoms with E-state index < -0.39 is 23.3 Å². The van der Waals surface area contributed by atoms with E-state index in [9.17, 15) is 14.4 Å². The minimum absolute atomic E-state index is 0.154. The Kier molecular flexibility index (Phi) is 5.24. The van der Waals surface area contributed by atoms with Crippen molar-refractivity contribution >= 4 is 17.6 Å². The van der Waals surface area contributed by atoms with Crippen LogP contribution in [-0.2, 0) is 9.53 Å². The minimum atomic E-state index is -0.714. The van der Waals surface area contributed by atoms with Crippen LogP contribution in [0.1, 0.15) is 46.1 Å². The van der Waals surface area contributed by atoms with Crippen LogP contribution in [0.5, 0.6) is 0 Å². The van der Waals surface area contributed by atoms with Crippen molar-refractivity contribution in [1.82, 2.24) is 5.32 Å². The zero-order valence-corrected chi connectivity index (χ0v) is 15.6. The zero-order valence-electron chi connectivity index (χ0n) is 14.8. The molecule has 1 aromatic rings. The molecule has 0 saturated heterocycles. The summed E-state index contributed by atoms with van der Waals surface area (Å²) >= 11 is 6.22. The monoisotopic (exact) mass is 362 g/mol. The summed E-state index contributed by atoms with van der Waals surface area (Å²) in [5, 5.41) is 12.8. The second-order valence-corrected chi connectivity index (χ2v) is 7.32. The molecule has 0 amide bonds. The van der Waals surface area contributed by atoms with Gasteiger partial charge in [-0.25, -0.2) is 9.18 Å². The maximum absolute atomic E-state index is 13.4. The van der Waals surface area contributed by atoms with Gasteiger partial charge in [-0.2, -0.15) is 5.26 Å². The highest BCUT2D eigenvalue weighted by Crippen LogP contribution is 2.41. The van der Waals surface area contributed by atoms with Gasteiger partial charge in [-0.15, -0.1) is 0 Å². The summed E-state index contributed by atoms with van der Waals surface area (Å²) in [4.78, 5) is 12.8. The fraction of sp³-hybridized carbons (Fsp3) is 0.368. The lowest BCUT2D eigenvalue weighted by molar-refractivity contribution is -0.150. The van der Waals surface area contributed by atoms with Crippen molar-refractivity contribution in [3.8, 4) is 6.07 Å². The Morgan fingerprint density at radius 2 is 1.96 bits per heavy atom. The first kappa shape index (κ1) is 19.0. The van der Waals surface area contributed by atoms with Crippen LogP contribution in [0.4, 0.5) is 4.39 Å². The molecule has 1 aliphatic heterocycles. The minimum Gasteiger partial charge on any atom is -0.457 e. The first-order valence-electron chi connectivity index (χ1n) is 7.82. The van der Waals surface area contributed by atoms with Crippen molar-refractivity contribution in [3.63, 3.8) is 0 Å². The maximum Gasteiger partial charge on any atom is 0.337 e. The molecule has 0 saturated carbocycles. The van der Waals surface area contributed by atoms with Gasteiger partial charge in [0, 0.05) is 16.4 Å². The highest BCUT2D eigenvalue weighted by atomic mass is 35.5. The highest BCUT2D eigenvalue weighted by Gasteiger charge is 2.36. The normalized spacial score (nSPS) is 17.9. The van der Waals surface area contributed by atoms with Gasteiger partial charge in [-0.3, -0.25) is 0 Å². The average Bonchev–Trinajstić information content (AvgIpc) is 2.44. The lowest BCUT2D eigenvalue weighted by atomic mass is 9.81. The van der Waals surface area contributed by atoms with Crippen LogP contribution in [-0.4, -0.2) is 11.6 Å². The molecule has 132 valence electrons. The number of dihydropyridines is 1. The van der Waals surface area contributed by atoms with Gasteiger partial charge in [0.05, 0.1) is 23.1 Å². The second-order valence-electron chi connectivity index (χ2n) is 6.91. The number of ether oxygens (including phenoxy) is 1. The van der Waals surface area contributed by atoms with Crippen molar-refractivity contribution in [2.45, 2.75) is 46.1 Å². The molecule has 0 bridgehead atoms. The molecule has 2 rings (SSSR count). The maximum atomic E-state index is 13.4. The van der Waals surface area contributed by atoms with Crippen LogP contribution in [0.25, 0.3) is 0 Å². The van der Waals surface area contributed by atoms with Crippen LogP contribution >= 0.6 is 11.6 Å². The van der Waals surface area contributed by atoms with E-state index in [1.165, 1.54) is 18.2 Å². The summed E-state index contributed by atoms with van der Waals surface area (Å²) in [6.07, 6.45) is 0. The van der Waals surface area contributed by atoms with Gasteiger partial charge in [0.15, 0.2) is 0 Å². The van der Waals surface area contributed by atoms with Gasteiger partial charge >= 0.3 is 5.97 Å². The molecule has 25 heavy (non-hydrogen) atoms. The van der Waals surface area contributed by atoms with Crippen molar-refractivity contribution in [2.75, 3.05) is 0 Å². The van der Waals surface area contributed by atoms with E-state index in [0.29, 0.717) is 28.1 Å². The Bertz CT molecular complexity index is 829. The summed E-state index contributed by atoms with van der Waals surface area (Å²) in [6, 6.07) is 6.06. The summed E-state index contributed by atoms with van der Waals surface area (Å²) in [7, 11) is 0. The molecular formula is C19H20ClFN2O2. The lowest BCUT2D eigenvalue weighted by Gasteiger charge is -2.31. The van der Waals surface area contributed by atoms with Crippen LogP contribution in [0.3, 0.4) is 0 Å².